The predicted molar refractivity (Wildman–Crippen MR) is 98.7 cm³/mol. The van der Waals surface area contributed by atoms with E-state index in [1.54, 1.807) is 35.2 Å². The Balaban J connectivity index is 1.82. The van der Waals surface area contributed by atoms with E-state index in [2.05, 4.69) is 20.5 Å². The van der Waals surface area contributed by atoms with Gasteiger partial charge in [-0.25, -0.2) is 4.98 Å². The summed E-state index contributed by atoms with van der Waals surface area (Å²) in [5.41, 5.74) is 8.24. The molecule has 4 rings (SSSR count). The first-order chi connectivity index (χ1) is 12.6. The maximum atomic E-state index is 12.5. The van der Waals surface area contributed by atoms with Gasteiger partial charge in [0.1, 0.15) is 5.75 Å². The van der Waals surface area contributed by atoms with E-state index in [1.165, 1.54) is 0 Å². The van der Waals surface area contributed by atoms with Crippen molar-refractivity contribution in [2.24, 2.45) is 0 Å². The van der Waals surface area contributed by atoms with E-state index in [1.807, 2.05) is 6.07 Å². The van der Waals surface area contributed by atoms with Crippen molar-refractivity contribution in [2.75, 3.05) is 18.8 Å². The van der Waals surface area contributed by atoms with E-state index in [0.717, 1.165) is 30.6 Å². The molecular weight excluding hydrogens is 332 g/mol. The number of aromatic hydroxyl groups is 1. The van der Waals surface area contributed by atoms with Crippen molar-refractivity contribution < 1.29 is 5.11 Å². The summed E-state index contributed by atoms with van der Waals surface area (Å²) in [5, 5.41) is 20.5. The van der Waals surface area contributed by atoms with Crippen LogP contribution in [0.2, 0.25) is 0 Å². The van der Waals surface area contributed by atoms with Gasteiger partial charge in [0.05, 0.1) is 11.4 Å². The van der Waals surface area contributed by atoms with Gasteiger partial charge in [-0.1, -0.05) is 0 Å². The van der Waals surface area contributed by atoms with Gasteiger partial charge in [-0.15, -0.1) is 0 Å². The topological polar surface area (TPSA) is 122 Å². The molecule has 0 saturated carbocycles. The van der Waals surface area contributed by atoms with Crippen LogP contribution in [-0.4, -0.2) is 37.9 Å². The molecule has 1 aliphatic rings. The molecule has 8 heteroatoms. The lowest BCUT2D eigenvalue weighted by Crippen LogP contribution is -2.37. The zero-order chi connectivity index (χ0) is 18.1. The Labute approximate surface area is 149 Å². The Morgan fingerprint density at radius 1 is 1.31 bits per heavy atom. The van der Waals surface area contributed by atoms with Crippen LogP contribution in [0.3, 0.4) is 0 Å². The second kappa shape index (κ2) is 6.64. The van der Waals surface area contributed by atoms with Gasteiger partial charge in [-0.05, 0) is 43.7 Å². The van der Waals surface area contributed by atoms with Crippen LogP contribution in [0.5, 0.6) is 5.75 Å². The van der Waals surface area contributed by atoms with Gasteiger partial charge in [0, 0.05) is 36.1 Å². The fraction of sp³-hybridized carbons (Fsp3) is 0.278. The summed E-state index contributed by atoms with van der Waals surface area (Å²) in [6.45, 7) is 1.66. The molecule has 3 heterocycles. The highest BCUT2D eigenvalue weighted by molar-refractivity contribution is 5.74. The average molecular weight is 352 g/mol. The summed E-state index contributed by atoms with van der Waals surface area (Å²) >= 11 is 0. The number of nitrogens with zero attached hydrogens (tertiary/aromatic N) is 3. The van der Waals surface area contributed by atoms with Gasteiger partial charge < -0.3 is 20.7 Å². The quantitative estimate of drug-likeness (QED) is 0.567. The number of aromatic nitrogens is 4. The molecule has 1 aromatic carbocycles. The number of phenols is 1. The zero-order valence-electron chi connectivity index (χ0n) is 14.1. The van der Waals surface area contributed by atoms with Gasteiger partial charge in [0.2, 0.25) is 0 Å². The summed E-state index contributed by atoms with van der Waals surface area (Å²) < 4.78 is 1.63. The summed E-state index contributed by atoms with van der Waals surface area (Å²) in [6, 6.07) is 7.06. The zero-order valence-corrected chi connectivity index (χ0v) is 14.1. The Morgan fingerprint density at radius 2 is 2.19 bits per heavy atom. The minimum atomic E-state index is -0.299. The van der Waals surface area contributed by atoms with Crippen molar-refractivity contribution >= 4 is 5.82 Å². The molecule has 2 aromatic heterocycles. The molecular formula is C18H20N6O2. The molecule has 3 aromatic rings. The van der Waals surface area contributed by atoms with E-state index in [9.17, 15) is 9.90 Å². The van der Waals surface area contributed by atoms with Crippen LogP contribution in [-0.2, 0) is 0 Å². The van der Waals surface area contributed by atoms with Crippen LogP contribution in [0.25, 0.3) is 22.5 Å². The second-order valence-electron chi connectivity index (χ2n) is 6.43. The van der Waals surface area contributed by atoms with Crippen molar-refractivity contribution in [2.45, 2.75) is 18.9 Å². The minimum absolute atomic E-state index is 0.0261. The number of phenolic OH excluding ortho intramolecular Hbond substituents is 1. The number of nitrogens with two attached hydrogens (primary N) is 1. The minimum Gasteiger partial charge on any atom is -0.507 e. The number of hydrogen-bond acceptors (Lipinski definition) is 6. The molecule has 0 amide bonds. The smallest absolute Gasteiger partial charge is 0.293 e. The van der Waals surface area contributed by atoms with E-state index in [4.69, 9.17) is 5.73 Å². The molecule has 1 saturated heterocycles. The largest absolute Gasteiger partial charge is 0.507 e. The third-order valence-corrected chi connectivity index (χ3v) is 4.70. The van der Waals surface area contributed by atoms with E-state index in [-0.39, 0.29) is 23.2 Å². The van der Waals surface area contributed by atoms with Gasteiger partial charge >= 0.3 is 0 Å². The summed E-state index contributed by atoms with van der Waals surface area (Å²) in [5.74, 6) is 0.00607. The molecule has 0 bridgehead atoms. The monoisotopic (exact) mass is 352 g/mol. The third-order valence-electron chi connectivity index (χ3n) is 4.70. The molecule has 0 spiro atoms. The molecule has 0 aliphatic carbocycles. The molecule has 134 valence electrons. The molecule has 1 atom stereocenters. The molecule has 1 unspecified atom stereocenters. The van der Waals surface area contributed by atoms with Crippen LogP contribution in [0.15, 0.2) is 41.5 Å². The fourth-order valence-corrected chi connectivity index (χ4v) is 3.33. The van der Waals surface area contributed by atoms with E-state index < -0.39 is 0 Å². The SMILES string of the molecule is Nc1nc(-c2cc(-c3ccn[nH]3)ccc2O)cn(C2CCCNC2)c1=O. The number of rotatable bonds is 3. The molecule has 26 heavy (non-hydrogen) atoms. The Kier molecular flexibility index (Phi) is 4.18. The molecule has 8 nitrogen and oxygen atoms in total. The van der Waals surface area contributed by atoms with Crippen molar-refractivity contribution in [1.29, 1.82) is 0 Å². The highest BCUT2D eigenvalue weighted by Crippen LogP contribution is 2.32. The number of nitrogen functional groups attached to an aromatic ring is 1. The van der Waals surface area contributed by atoms with Gasteiger partial charge in [-0.3, -0.25) is 9.89 Å². The predicted octanol–water partition coefficient (Wildman–Crippen LogP) is 1.51. The summed E-state index contributed by atoms with van der Waals surface area (Å²) in [6.07, 6.45) is 5.24. The normalized spacial score (nSPS) is 17.3. The number of hydrogen-bond donors (Lipinski definition) is 4. The number of anilines is 1. The highest BCUT2D eigenvalue weighted by atomic mass is 16.3. The lowest BCUT2D eigenvalue weighted by Gasteiger charge is -2.25. The summed E-state index contributed by atoms with van der Waals surface area (Å²) in [7, 11) is 0. The van der Waals surface area contributed by atoms with E-state index in [0.29, 0.717) is 17.8 Å². The first kappa shape index (κ1) is 16.3. The van der Waals surface area contributed by atoms with Gasteiger partial charge in [0.25, 0.3) is 5.56 Å². The van der Waals surface area contributed by atoms with Crippen LogP contribution >= 0.6 is 0 Å². The number of aromatic amines is 1. The van der Waals surface area contributed by atoms with Crippen LogP contribution in [0.1, 0.15) is 18.9 Å². The molecule has 1 aliphatic heterocycles. The highest BCUT2D eigenvalue weighted by Gasteiger charge is 2.19. The lowest BCUT2D eigenvalue weighted by atomic mass is 10.0. The lowest BCUT2D eigenvalue weighted by molar-refractivity contribution is 0.364. The first-order valence-electron chi connectivity index (χ1n) is 8.56. The van der Waals surface area contributed by atoms with Gasteiger partial charge in [0.15, 0.2) is 5.82 Å². The van der Waals surface area contributed by atoms with Gasteiger partial charge in [-0.2, -0.15) is 5.10 Å². The fourth-order valence-electron chi connectivity index (χ4n) is 3.33. The van der Waals surface area contributed by atoms with Crippen molar-refractivity contribution in [1.82, 2.24) is 25.1 Å². The number of benzene rings is 1. The van der Waals surface area contributed by atoms with Crippen LogP contribution in [0.4, 0.5) is 5.82 Å². The van der Waals surface area contributed by atoms with Crippen molar-refractivity contribution in [3.63, 3.8) is 0 Å². The standard InChI is InChI=1S/C18H20N6O2/c19-17-18(26)24(12-2-1-6-20-9-12)10-15(22-17)13-8-11(3-4-16(13)25)14-5-7-21-23-14/h3-5,7-8,10,12,20,25H,1-2,6,9H2,(H2,19,22)(H,21,23). The van der Waals surface area contributed by atoms with Crippen molar-refractivity contribution in [3.05, 3.63) is 47.0 Å². The molecule has 1 fully saturated rings. The number of nitrogens with one attached hydrogen (secondary N) is 2. The Bertz CT molecular complexity index is 974. The Hall–Kier alpha value is -3.13. The third kappa shape index (κ3) is 2.95. The Morgan fingerprint density at radius 3 is 2.92 bits per heavy atom. The van der Waals surface area contributed by atoms with E-state index >= 15 is 0 Å². The maximum Gasteiger partial charge on any atom is 0.293 e. The van der Waals surface area contributed by atoms with Crippen molar-refractivity contribution in [3.8, 4) is 28.3 Å². The van der Waals surface area contributed by atoms with Crippen LogP contribution in [0, 0.1) is 0 Å². The number of piperidine rings is 1. The molecule has 5 N–H and O–H groups in total. The summed E-state index contributed by atoms with van der Waals surface area (Å²) in [4.78, 5) is 16.7. The maximum absolute atomic E-state index is 12.5. The second-order valence-corrected chi connectivity index (χ2v) is 6.43. The van der Waals surface area contributed by atoms with Crippen LogP contribution < -0.4 is 16.6 Å². The molecule has 0 radical (unpaired) electrons. The number of H-pyrrole nitrogens is 1. The first-order valence-corrected chi connectivity index (χ1v) is 8.56. The average Bonchev–Trinajstić information content (AvgIpc) is 3.20.